The first-order valence-electron chi connectivity index (χ1n) is 12.7. The van der Waals surface area contributed by atoms with Crippen LogP contribution in [0.2, 0.25) is 0 Å². The van der Waals surface area contributed by atoms with Gasteiger partial charge in [0.25, 0.3) is 0 Å². The summed E-state index contributed by atoms with van der Waals surface area (Å²) < 4.78 is 65.4. The number of anilines is 1. The quantitative estimate of drug-likeness (QED) is 0.399. The molecule has 1 unspecified atom stereocenters. The maximum Gasteiger partial charge on any atom is 0.416 e. The molecule has 2 aromatic carbocycles. The number of alkyl halides is 3. The Labute approximate surface area is 229 Å². The molecule has 39 heavy (non-hydrogen) atoms. The maximum atomic E-state index is 13.5. The van der Waals surface area contributed by atoms with Crippen LogP contribution in [0.1, 0.15) is 63.6 Å². The fraction of sp³-hybridized carbons (Fsp3) is 0.500. The van der Waals surface area contributed by atoms with E-state index in [9.17, 15) is 31.2 Å². The summed E-state index contributed by atoms with van der Waals surface area (Å²) in [6.45, 7) is 9.24. The smallest absolute Gasteiger partial charge is 0.350 e. The highest BCUT2D eigenvalue weighted by molar-refractivity contribution is 7.92. The molecule has 1 N–H and O–H groups in total. The number of sulfonamides is 1. The molecule has 0 aliphatic heterocycles. The van der Waals surface area contributed by atoms with Crippen molar-refractivity contribution in [2.75, 3.05) is 17.1 Å². The van der Waals surface area contributed by atoms with Crippen LogP contribution in [0.5, 0.6) is 0 Å². The lowest BCUT2D eigenvalue weighted by atomic mass is 10.0. The molecule has 2 rings (SSSR count). The highest BCUT2D eigenvalue weighted by Crippen LogP contribution is 2.32. The minimum Gasteiger partial charge on any atom is -0.350 e. The zero-order chi connectivity index (χ0) is 29.6. The van der Waals surface area contributed by atoms with Crippen LogP contribution in [-0.4, -0.2) is 49.5 Å². The summed E-state index contributed by atoms with van der Waals surface area (Å²) in [6, 6.07) is 10.8. The molecule has 2 amide bonds. The average Bonchev–Trinajstić information content (AvgIpc) is 2.80. The summed E-state index contributed by atoms with van der Waals surface area (Å²) in [6.07, 6.45) is -3.42. The molecule has 0 saturated carbocycles. The average molecular weight is 570 g/mol. The fourth-order valence-corrected chi connectivity index (χ4v) is 5.14. The number of amides is 2. The van der Waals surface area contributed by atoms with E-state index in [4.69, 9.17) is 0 Å². The number of carbonyl (C=O) groups is 2. The Bertz CT molecular complexity index is 1260. The van der Waals surface area contributed by atoms with E-state index in [1.165, 1.54) is 11.0 Å². The Morgan fingerprint density at radius 3 is 2.21 bits per heavy atom. The van der Waals surface area contributed by atoms with Crippen molar-refractivity contribution in [1.29, 1.82) is 0 Å². The summed E-state index contributed by atoms with van der Waals surface area (Å²) in [5.74, 6) is -0.652. The van der Waals surface area contributed by atoms with Gasteiger partial charge in [-0.2, -0.15) is 13.2 Å². The van der Waals surface area contributed by atoms with Crippen LogP contribution in [-0.2, 0) is 32.3 Å². The molecule has 0 aliphatic carbocycles. The molecule has 0 saturated heterocycles. The Morgan fingerprint density at radius 1 is 1.03 bits per heavy atom. The Morgan fingerprint density at radius 2 is 1.67 bits per heavy atom. The van der Waals surface area contributed by atoms with Crippen LogP contribution in [0.4, 0.5) is 18.9 Å². The van der Waals surface area contributed by atoms with Crippen molar-refractivity contribution in [3.63, 3.8) is 0 Å². The zero-order valence-electron chi connectivity index (χ0n) is 23.3. The minimum absolute atomic E-state index is 0.0454. The van der Waals surface area contributed by atoms with Gasteiger partial charge in [-0.15, -0.1) is 0 Å². The number of carbonyl (C=O) groups excluding carboxylic acids is 2. The molecule has 11 heteroatoms. The van der Waals surface area contributed by atoms with Gasteiger partial charge in [-0.1, -0.05) is 37.3 Å². The molecule has 0 radical (unpaired) electrons. The van der Waals surface area contributed by atoms with Crippen LogP contribution in [0.3, 0.4) is 0 Å². The first kappa shape index (κ1) is 32.1. The summed E-state index contributed by atoms with van der Waals surface area (Å²) >= 11 is 0. The second-order valence-electron chi connectivity index (χ2n) is 10.6. The van der Waals surface area contributed by atoms with Gasteiger partial charge in [-0.05, 0) is 69.9 Å². The first-order valence-corrected chi connectivity index (χ1v) is 14.6. The van der Waals surface area contributed by atoms with Crippen LogP contribution in [0, 0.1) is 6.92 Å². The second-order valence-corrected chi connectivity index (χ2v) is 12.5. The molecule has 216 valence electrons. The van der Waals surface area contributed by atoms with Crippen LogP contribution < -0.4 is 9.62 Å². The van der Waals surface area contributed by atoms with Gasteiger partial charge in [0.05, 0.1) is 17.5 Å². The van der Waals surface area contributed by atoms with E-state index < -0.39 is 33.3 Å². The Hall–Kier alpha value is -3.08. The number of nitrogens with one attached hydrogen (secondary N) is 1. The summed E-state index contributed by atoms with van der Waals surface area (Å²) in [4.78, 5) is 28.1. The monoisotopic (exact) mass is 569 g/mol. The molecule has 2 aromatic rings. The van der Waals surface area contributed by atoms with Crippen molar-refractivity contribution in [3.05, 3.63) is 65.2 Å². The van der Waals surface area contributed by atoms with E-state index in [1.54, 1.807) is 0 Å². The van der Waals surface area contributed by atoms with Crippen molar-refractivity contribution < 1.29 is 31.2 Å². The highest BCUT2D eigenvalue weighted by Gasteiger charge is 2.33. The molecule has 0 fully saturated rings. The molecule has 0 bridgehead atoms. The summed E-state index contributed by atoms with van der Waals surface area (Å²) in [7, 11) is -3.93. The minimum atomic E-state index is -4.63. The molecule has 0 heterocycles. The van der Waals surface area contributed by atoms with Crippen molar-refractivity contribution in [1.82, 2.24) is 10.2 Å². The van der Waals surface area contributed by atoms with E-state index >= 15 is 0 Å². The van der Waals surface area contributed by atoms with Crippen molar-refractivity contribution in [3.8, 4) is 0 Å². The van der Waals surface area contributed by atoms with Gasteiger partial charge >= 0.3 is 6.18 Å². The van der Waals surface area contributed by atoms with Crippen LogP contribution >= 0.6 is 0 Å². The van der Waals surface area contributed by atoms with Gasteiger partial charge in [0.15, 0.2) is 0 Å². The molecule has 0 aliphatic rings. The van der Waals surface area contributed by atoms with Gasteiger partial charge < -0.3 is 10.2 Å². The molecule has 7 nitrogen and oxygen atoms in total. The molecule has 1 atom stereocenters. The van der Waals surface area contributed by atoms with Crippen LogP contribution in [0.15, 0.2) is 48.5 Å². The number of nitrogens with zero attached hydrogens (tertiary/aromatic N) is 2. The van der Waals surface area contributed by atoms with Crippen molar-refractivity contribution >= 4 is 27.5 Å². The largest absolute Gasteiger partial charge is 0.416 e. The topological polar surface area (TPSA) is 86.8 Å². The Balaban J connectivity index is 2.29. The van der Waals surface area contributed by atoms with E-state index in [-0.39, 0.29) is 43.4 Å². The number of aryl methyl sites for hydroxylation is 1. The van der Waals surface area contributed by atoms with E-state index in [2.05, 4.69) is 5.32 Å². The zero-order valence-corrected chi connectivity index (χ0v) is 24.1. The molecular weight excluding hydrogens is 531 g/mol. The molecule has 0 aromatic heterocycles. The van der Waals surface area contributed by atoms with Gasteiger partial charge in [-0.3, -0.25) is 13.9 Å². The lowest BCUT2D eigenvalue weighted by Gasteiger charge is -2.33. The number of hydrogen-bond acceptors (Lipinski definition) is 4. The number of rotatable bonds is 11. The lowest BCUT2D eigenvalue weighted by Crippen LogP contribution is -2.53. The third kappa shape index (κ3) is 9.56. The first-order chi connectivity index (χ1) is 17.9. The number of hydrogen-bond donors (Lipinski definition) is 1. The Kier molecular flexibility index (Phi) is 10.6. The molecular formula is C28H38F3N3O4S. The second kappa shape index (κ2) is 12.8. The SMILES string of the molecule is CCC(C(=O)NC(C)(C)C)N(Cc1ccccc1C)C(=O)CCCN(c1cccc(C(F)(F)F)c1)S(C)(=O)=O. The normalized spacial score (nSPS) is 13.1. The van der Waals surface area contributed by atoms with Gasteiger partial charge in [0.1, 0.15) is 6.04 Å². The highest BCUT2D eigenvalue weighted by atomic mass is 32.2. The van der Waals surface area contributed by atoms with Crippen LogP contribution in [0.25, 0.3) is 0 Å². The van der Waals surface area contributed by atoms with Crippen molar-refractivity contribution in [2.45, 2.75) is 78.2 Å². The lowest BCUT2D eigenvalue weighted by molar-refractivity contribution is -0.142. The summed E-state index contributed by atoms with van der Waals surface area (Å²) in [5, 5.41) is 2.93. The number of benzene rings is 2. The predicted octanol–water partition coefficient (Wildman–Crippen LogP) is 5.28. The third-order valence-electron chi connectivity index (χ3n) is 6.10. The third-order valence-corrected chi connectivity index (χ3v) is 7.29. The van der Waals surface area contributed by atoms with Gasteiger partial charge in [-0.25, -0.2) is 8.42 Å². The van der Waals surface area contributed by atoms with E-state index in [0.717, 1.165) is 39.9 Å². The van der Waals surface area contributed by atoms with Crippen molar-refractivity contribution in [2.24, 2.45) is 0 Å². The maximum absolute atomic E-state index is 13.5. The number of halogens is 3. The summed E-state index contributed by atoms with van der Waals surface area (Å²) in [5.41, 5.74) is 0.212. The fourth-order valence-electron chi connectivity index (χ4n) is 4.18. The standard InChI is InChI=1S/C28H38F3N3O4S/c1-7-24(26(36)32-27(3,4)5)33(19-21-13-9-8-12-20(21)2)25(35)16-11-17-34(39(6,37)38)23-15-10-14-22(18-23)28(29,30)31/h8-10,12-15,18,24H,7,11,16-17,19H2,1-6H3,(H,32,36). The van der Waals surface area contributed by atoms with Gasteiger partial charge in [0, 0.05) is 25.0 Å². The van der Waals surface area contributed by atoms with Gasteiger partial charge in [0.2, 0.25) is 21.8 Å². The van der Waals surface area contributed by atoms with E-state index in [0.29, 0.717) is 6.42 Å². The predicted molar refractivity (Wildman–Crippen MR) is 147 cm³/mol. The molecule has 0 spiro atoms. The van der Waals surface area contributed by atoms with E-state index in [1.807, 2.05) is 58.9 Å².